The van der Waals surface area contributed by atoms with Gasteiger partial charge in [-0.05, 0) is 30.5 Å². The molecule has 0 N–H and O–H groups in total. The van der Waals surface area contributed by atoms with Crippen LogP contribution in [0.25, 0.3) is 0 Å². The molecule has 0 bridgehead atoms. The lowest BCUT2D eigenvalue weighted by Crippen LogP contribution is -2.23. The molecule has 1 fully saturated rings. The molecule has 1 aromatic heterocycles. The average Bonchev–Trinajstić information content (AvgIpc) is 2.45. The Morgan fingerprint density at radius 1 is 1.47 bits per heavy atom. The SMILES string of the molecule is CC1(C)CCN(Cc2cccc(Cl)n2)C1. The number of likely N-dealkylation sites (tertiary alicyclic amines) is 1. The topological polar surface area (TPSA) is 16.1 Å². The smallest absolute Gasteiger partial charge is 0.129 e. The summed E-state index contributed by atoms with van der Waals surface area (Å²) in [5.41, 5.74) is 1.53. The number of hydrogen-bond donors (Lipinski definition) is 0. The summed E-state index contributed by atoms with van der Waals surface area (Å²) in [6.45, 7) is 7.88. The first-order valence-corrected chi connectivity index (χ1v) is 5.77. The quantitative estimate of drug-likeness (QED) is 0.719. The standard InChI is InChI=1S/C12H17ClN2/c1-12(2)6-7-15(9-12)8-10-4-3-5-11(13)14-10/h3-5H,6-9H2,1-2H3. The molecule has 0 radical (unpaired) electrons. The van der Waals surface area contributed by atoms with E-state index in [2.05, 4.69) is 23.7 Å². The molecule has 2 nitrogen and oxygen atoms in total. The number of pyridine rings is 1. The molecule has 82 valence electrons. The first kappa shape index (κ1) is 10.9. The van der Waals surface area contributed by atoms with Crippen LogP contribution in [0, 0.1) is 5.41 Å². The van der Waals surface area contributed by atoms with E-state index < -0.39 is 0 Å². The number of aromatic nitrogens is 1. The summed E-state index contributed by atoms with van der Waals surface area (Å²) < 4.78 is 0. The van der Waals surface area contributed by atoms with E-state index in [0.717, 1.165) is 18.8 Å². The van der Waals surface area contributed by atoms with Crippen molar-refractivity contribution in [2.45, 2.75) is 26.8 Å². The van der Waals surface area contributed by atoms with Gasteiger partial charge in [-0.1, -0.05) is 31.5 Å². The molecule has 0 aromatic carbocycles. The fourth-order valence-corrected chi connectivity index (χ4v) is 2.31. The summed E-state index contributed by atoms with van der Waals surface area (Å²) in [4.78, 5) is 6.75. The molecule has 2 heterocycles. The lowest BCUT2D eigenvalue weighted by atomic mass is 9.93. The van der Waals surface area contributed by atoms with Crippen LogP contribution in [-0.4, -0.2) is 23.0 Å². The summed E-state index contributed by atoms with van der Waals surface area (Å²) in [5.74, 6) is 0. The Kier molecular flexibility index (Phi) is 2.98. The molecule has 2 rings (SSSR count). The third-order valence-electron chi connectivity index (χ3n) is 2.91. The molecule has 0 amide bonds. The highest BCUT2D eigenvalue weighted by molar-refractivity contribution is 6.29. The van der Waals surface area contributed by atoms with Crippen molar-refractivity contribution in [1.29, 1.82) is 0 Å². The number of halogens is 1. The van der Waals surface area contributed by atoms with Gasteiger partial charge in [0.25, 0.3) is 0 Å². The highest BCUT2D eigenvalue weighted by Gasteiger charge is 2.28. The minimum Gasteiger partial charge on any atom is -0.297 e. The van der Waals surface area contributed by atoms with E-state index >= 15 is 0 Å². The van der Waals surface area contributed by atoms with Crippen molar-refractivity contribution in [3.05, 3.63) is 29.0 Å². The largest absolute Gasteiger partial charge is 0.297 e. The molecule has 0 spiro atoms. The van der Waals surface area contributed by atoms with E-state index in [4.69, 9.17) is 11.6 Å². The van der Waals surface area contributed by atoms with Crippen LogP contribution in [0.15, 0.2) is 18.2 Å². The highest BCUT2D eigenvalue weighted by atomic mass is 35.5. The Balaban J connectivity index is 1.99. The number of hydrogen-bond acceptors (Lipinski definition) is 2. The number of nitrogens with zero attached hydrogens (tertiary/aromatic N) is 2. The van der Waals surface area contributed by atoms with Crippen molar-refractivity contribution < 1.29 is 0 Å². The Bertz CT molecular complexity index is 349. The lowest BCUT2D eigenvalue weighted by molar-refractivity contribution is 0.282. The van der Waals surface area contributed by atoms with Crippen molar-refractivity contribution in [3.63, 3.8) is 0 Å². The van der Waals surface area contributed by atoms with E-state index in [1.807, 2.05) is 18.2 Å². The Labute approximate surface area is 96.3 Å². The summed E-state index contributed by atoms with van der Waals surface area (Å²) in [6.07, 6.45) is 1.27. The third-order valence-corrected chi connectivity index (χ3v) is 3.13. The highest BCUT2D eigenvalue weighted by Crippen LogP contribution is 2.29. The molecule has 0 aliphatic carbocycles. The van der Waals surface area contributed by atoms with E-state index in [9.17, 15) is 0 Å². The van der Waals surface area contributed by atoms with Crippen LogP contribution < -0.4 is 0 Å². The molecular formula is C12H17ClN2. The zero-order valence-electron chi connectivity index (χ0n) is 9.33. The zero-order valence-corrected chi connectivity index (χ0v) is 10.1. The lowest BCUT2D eigenvalue weighted by Gasteiger charge is -2.19. The second-order valence-electron chi connectivity index (χ2n) is 5.08. The minimum absolute atomic E-state index is 0.457. The Hall–Kier alpha value is -0.600. The van der Waals surface area contributed by atoms with Crippen LogP contribution >= 0.6 is 11.6 Å². The monoisotopic (exact) mass is 224 g/mol. The Morgan fingerprint density at radius 2 is 2.27 bits per heavy atom. The maximum Gasteiger partial charge on any atom is 0.129 e. The van der Waals surface area contributed by atoms with Gasteiger partial charge in [-0.15, -0.1) is 0 Å². The first-order valence-electron chi connectivity index (χ1n) is 5.39. The van der Waals surface area contributed by atoms with E-state index in [1.54, 1.807) is 0 Å². The summed E-state index contributed by atoms with van der Waals surface area (Å²) in [6, 6.07) is 5.82. The predicted octanol–water partition coefficient (Wildman–Crippen LogP) is 2.97. The van der Waals surface area contributed by atoms with E-state index in [-0.39, 0.29) is 0 Å². The molecule has 1 aromatic rings. The summed E-state index contributed by atoms with van der Waals surface area (Å²) >= 11 is 5.86. The van der Waals surface area contributed by atoms with Crippen molar-refractivity contribution in [2.24, 2.45) is 5.41 Å². The molecule has 0 unspecified atom stereocenters. The van der Waals surface area contributed by atoms with Gasteiger partial charge >= 0.3 is 0 Å². The third kappa shape index (κ3) is 2.93. The minimum atomic E-state index is 0.457. The average molecular weight is 225 g/mol. The summed E-state index contributed by atoms with van der Waals surface area (Å²) in [5, 5.41) is 0.589. The van der Waals surface area contributed by atoms with Crippen molar-refractivity contribution in [1.82, 2.24) is 9.88 Å². The van der Waals surface area contributed by atoms with Crippen LogP contribution in [0.4, 0.5) is 0 Å². The van der Waals surface area contributed by atoms with Gasteiger partial charge in [-0.2, -0.15) is 0 Å². The van der Waals surface area contributed by atoms with E-state index in [1.165, 1.54) is 13.0 Å². The first-order chi connectivity index (χ1) is 7.05. The van der Waals surface area contributed by atoms with Crippen molar-refractivity contribution in [2.75, 3.05) is 13.1 Å². The van der Waals surface area contributed by atoms with Crippen LogP contribution in [0.3, 0.4) is 0 Å². The molecule has 1 aliphatic heterocycles. The van der Waals surface area contributed by atoms with Crippen LogP contribution in [-0.2, 0) is 6.54 Å². The van der Waals surface area contributed by atoms with Gasteiger partial charge in [0, 0.05) is 13.1 Å². The molecular weight excluding hydrogens is 208 g/mol. The molecule has 0 saturated carbocycles. The molecule has 15 heavy (non-hydrogen) atoms. The van der Waals surface area contributed by atoms with Crippen molar-refractivity contribution >= 4 is 11.6 Å². The van der Waals surface area contributed by atoms with Crippen molar-refractivity contribution in [3.8, 4) is 0 Å². The van der Waals surface area contributed by atoms with Gasteiger partial charge < -0.3 is 0 Å². The molecule has 0 atom stereocenters. The van der Waals surface area contributed by atoms with Gasteiger partial charge in [0.05, 0.1) is 5.69 Å². The van der Waals surface area contributed by atoms with Crippen LogP contribution in [0.5, 0.6) is 0 Å². The predicted molar refractivity (Wildman–Crippen MR) is 62.9 cm³/mol. The fourth-order valence-electron chi connectivity index (χ4n) is 2.13. The zero-order chi connectivity index (χ0) is 10.9. The normalized spacial score (nSPS) is 20.7. The van der Waals surface area contributed by atoms with Gasteiger partial charge in [0.2, 0.25) is 0 Å². The number of rotatable bonds is 2. The fraction of sp³-hybridized carbons (Fsp3) is 0.583. The molecule has 1 aliphatic rings. The van der Waals surface area contributed by atoms with E-state index in [0.29, 0.717) is 10.6 Å². The molecule has 3 heteroatoms. The molecule has 1 saturated heterocycles. The van der Waals surface area contributed by atoms with Crippen LogP contribution in [0.2, 0.25) is 5.15 Å². The van der Waals surface area contributed by atoms with Gasteiger partial charge in [0.1, 0.15) is 5.15 Å². The second-order valence-corrected chi connectivity index (χ2v) is 5.46. The summed E-state index contributed by atoms with van der Waals surface area (Å²) in [7, 11) is 0. The Morgan fingerprint density at radius 3 is 2.87 bits per heavy atom. The van der Waals surface area contributed by atoms with Crippen LogP contribution in [0.1, 0.15) is 26.0 Å². The van der Waals surface area contributed by atoms with Gasteiger partial charge in [0.15, 0.2) is 0 Å². The van der Waals surface area contributed by atoms with Gasteiger partial charge in [-0.3, -0.25) is 4.90 Å². The maximum atomic E-state index is 5.86. The maximum absolute atomic E-state index is 5.86. The second kappa shape index (κ2) is 4.11. The van der Waals surface area contributed by atoms with Gasteiger partial charge in [-0.25, -0.2) is 4.98 Å².